The van der Waals surface area contributed by atoms with Crippen LogP contribution in [-0.4, -0.2) is 5.11 Å². The topological polar surface area (TPSA) is 45.0 Å². The van der Waals surface area contributed by atoms with Crippen molar-refractivity contribution in [2.75, 3.05) is 0 Å². The third kappa shape index (κ3) is 6.68. The molecule has 1 N–H and O–H groups in total. The van der Waals surface area contributed by atoms with E-state index in [-0.39, 0.29) is 22.5 Å². The number of alkyl halides is 3. The van der Waals surface area contributed by atoms with E-state index in [2.05, 4.69) is 10.2 Å². The van der Waals surface area contributed by atoms with Crippen LogP contribution in [0.4, 0.5) is 24.5 Å². The molecule has 0 aliphatic rings. The average Bonchev–Trinajstić information content (AvgIpc) is 2.53. The number of nitrogens with zero attached hydrogens (tertiary/aromatic N) is 2. The Morgan fingerprint density at radius 2 is 1.31 bits per heavy atom. The molecule has 0 atom stereocenters. The third-order valence-corrected chi connectivity index (χ3v) is 3.30. The van der Waals surface area contributed by atoms with Crippen LogP contribution in [0, 0.1) is 0 Å². The van der Waals surface area contributed by atoms with Crippen molar-refractivity contribution < 1.29 is 39.1 Å². The summed E-state index contributed by atoms with van der Waals surface area (Å²) in [5, 5.41) is 17.7. The molecule has 140 valence electrons. The minimum atomic E-state index is -4.51. The van der Waals surface area contributed by atoms with Crippen molar-refractivity contribution >= 4 is 28.4 Å². The number of hydrogen-bond acceptors (Lipinski definition) is 3. The molecule has 0 heterocycles. The van der Waals surface area contributed by atoms with Gasteiger partial charge in [0, 0.05) is 5.56 Å². The number of halogens is 5. The normalized spacial score (nSPS) is 11.8. The molecule has 0 saturated carbocycles. The summed E-state index contributed by atoms with van der Waals surface area (Å²) < 4.78 is 38.8. The van der Waals surface area contributed by atoms with Gasteiger partial charge in [0.15, 0.2) is 0 Å². The second-order valence-corrected chi connectivity index (χ2v) is 9.94. The monoisotopic (exact) mass is 482 g/mol. The first-order chi connectivity index (χ1) is 12.0. The fourth-order valence-electron chi connectivity index (χ4n) is 2.13. The van der Waals surface area contributed by atoms with Gasteiger partial charge in [-0.25, -0.2) is 0 Å². The Balaban J connectivity index is 0.00000105. The minimum absolute atomic E-state index is 0.0757. The van der Waals surface area contributed by atoms with E-state index in [1.807, 2.05) is 20.8 Å². The number of rotatable bonds is 2. The molecule has 0 bridgehead atoms. The molecule has 2 rings (SSSR count). The molecule has 0 aliphatic heterocycles. The van der Waals surface area contributed by atoms with Crippen LogP contribution >= 0.6 is 17.0 Å². The Bertz CT molecular complexity index is 762. The molecule has 0 aliphatic carbocycles. The molecule has 0 amide bonds. The summed E-state index contributed by atoms with van der Waals surface area (Å²) >= 11 is -0.826. The molecule has 0 unspecified atom stereocenters. The standard InChI is InChI=1S/C17H17F3N2O.2ClH.Zr/c1-16(2,3)12-8-6-10-14(15(12)23)22-21-13-9-5-4-7-11(13)17(18,19)20;;;/h4-10,23H,1-3H3;2*1H;/q;;;+2/p-2. The van der Waals surface area contributed by atoms with Gasteiger partial charge in [-0.3, -0.25) is 0 Å². The third-order valence-electron chi connectivity index (χ3n) is 3.30. The Labute approximate surface area is 168 Å². The molecule has 26 heavy (non-hydrogen) atoms. The Morgan fingerprint density at radius 1 is 0.846 bits per heavy atom. The number of phenolic OH excluding ortho intramolecular Hbond substituents is 1. The molecular weight excluding hydrogens is 467 g/mol. The molecule has 2 aromatic carbocycles. The van der Waals surface area contributed by atoms with Gasteiger partial charge in [0.1, 0.15) is 11.4 Å². The van der Waals surface area contributed by atoms with E-state index < -0.39 is 32.6 Å². The van der Waals surface area contributed by atoms with Crippen molar-refractivity contribution in [3.63, 3.8) is 0 Å². The number of benzene rings is 2. The molecular formula is C17H17Cl2F3N2OZr. The van der Waals surface area contributed by atoms with E-state index in [1.54, 1.807) is 12.1 Å². The van der Waals surface area contributed by atoms with Crippen LogP contribution in [0.3, 0.4) is 0 Å². The van der Waals surface area contributed by atoms with Crippen molar-refractivity contribution in [2.24, 2.45) is 10.2 Å². The van der Waals surface area contributed by atoms with Gasteiger partial charge in [-0.15, -0.1) is 10.2 Å². The molecule has 0 spiro atoms. The van der Waals surface area contributed by atoms with Crippen molar-refractivity contribution in [1.29, 1.82) is 0 Å². The zero-order chi connectivity index (χ0) is 20.0. The van der Waals surface area contributed by atoms with Crippen LogP contribution in [-0.2, 0) is 32.4 Å². The van der Waals surface area contributed by atoms with E-state index in [0.29, 0.717) is 5.56 Å². The van der Waals surface area contributed by atoms with Gasteiger partial charge in [-0.1, -0.05) is 45.0 Å². The SMILES string of the molecule is CC(C)(C)c1cccc(N=Nc2ccccc2C(F)(F)F)c1O.[Cl][Zr][Cl]. The van der Waals surface area contributed by atoms with Gasteiger partial charge in [-0.05, 0) is 23.6 Å². The Kier molecular flexibility index (Phi) is 8.78. The fraction of sp³-hybridized carbons (Fsp3) is 0.294. The van der Waals surface area contributed by atoms with Gasteiger partial charge < -0.3 is 5.11 Å². The number of para-hydroxylation sites is 1. The number of hydrogen-bond donors (Lipinski definition) is 1. The second kappa shape index (κ2) is 9.86. The maximum absolute atomic E-state index is 12.9. The van der Waals surface area contributed by atoms with Gasteiger partial charge >= 0.3 is 44.1 Å². The molecule has 0 saturated heterocycles. The van der Waals surface area contributed by atoms with Gasteiger partial charge in [0.05, 0.1) is 11.3 Å². The van der Waals surface area contributed by atoms with Crippen LogP contribution in [0.15, 0.2) is 52.7 Å². The molecule has 9 heteroatoms. The van der Waals surface area contributed by atoms with E-state index in [4.69, 9.17) is 17.0 Å². The summed E-state index contributed by atoms with van der Waals surface area (Å²) in [6, 6.07) is 9.86. The summed E-state index contributed by atoms with van der Waals surface area (Å²) in [7, 11) is 9.87. The number of phenols is 1. The number of aromatic hydroxyl groups is 1. The summed E-state index contributed by atoms with van der Waals surface area (Å²) in [4.78, 5) is 0. The zero-order valence-electron chi connectivity index (χ0n) is 14.3. The second-order valence-electron chi connectivity index (χ2n) is 6.21. The van der Waals surface area contributed by atoms with E-state index in [0.717, 1.165) is 6.07 Å². The first kappa shape index (κ1) is 23.1. The van der Waals surface area contributed by atoms with Gasteiger partial charge in [0.25, 0.3) is 0 Å². The van der Waals surface area contributed by atoms with Crippen molar-refractivity contribution in [2.45, 2.75) is 32.4 Å². The molecule has 0 aromatic heterocycles. The van der Waals surface area contributed by atoms with E-state index >= 15 is 0 Å². The summed E-state index contributed by atoms with van der Waals surface area (Å²) in [6.07, 6.45) is -4.51. The Hall–Kier alpha value is -0.907. The fourth-order valence-corrected chi connectivity index (χ4v) is 2.13. The van der Waals surface area contributed by atoms with Crippen molar-refractivity contribution in [1.82, 2.24) is 0 Å². The molecule has 2 aromatic rings. The van der Waals surface area contributed by atoms with Crippen LogP contribution in [0.25, 0.3) is 0 Å². The quantitative estimate of drug-likeness (QED) is 0.441. The Morgan fingerprint density at radius 3 is 1.85 bits per heavy atom. The first-order valence-electron chi connectivity index (χ1n) is 7.39. The van der Waals surface area contributed by atoms with E-state index in [1.165, 1.54) is 24.3 Å². The van der Waals surface area contributed by atoms with Crippen molar-refractivity contribution in [3.05, 3.63) is 53.6 Å². The predicted molar refractivity (Wildman–Crippen MR) is 94.1 cm³/mol. The van der Waals surface area contributed by atoms with Crippen LogP contribution in [0.5, 0.6) is 5.75 Å². The van der Waals surface area contributed by atoms with Crippen molar-refractivity contribution in [3.8, 4) is 5.75 Å². The van der Waals surface area contributed by atoms with E-state index in [9.17, 15) is 18.3 Å². The first-order valence-corrected chi connectivity index (χ1v) is 13.7. The summed E-state index contributed by atoms with van der Waals surface area (Å²) in [6.45, 7) is 5.76. The predicted octanol–water partition coefficient (Wildman–Crippen LogP) is 7.50. The average molecular weight is 484 g/mol. The van der Waals surface area contributed by atoms with Crippen LogP contribution in [0.2, 0.25) is 0 Å². The van der Waals surface area contributed by atoms with Gasteiger partial charge in [-0.2, -0.15) is 13.2 Å². The zero-order valence-corrected chi connectivity index (χ0v) is 18.2. The molecule has 3 nitrogen and oxygen atoms in total. The molecule has 0 fully saturated rings. The van der Waals surface area contributed by atoms with Gasteiger partial charge in [0.2, 0.25) is 0 Å². The maximum atomic E-state index is 12.9. The van der Waals surface area contributed by atoms with Crippen LogP contribution in [0.1, 0.15) is 31.9 Å². The molecule has 0 radical (unpaired) electrons. The van der Waals surface area contributed by atoms with Crippen LogP contribution < -0.4 is 0 Å². The number of azo groups is 1. The summed E-state index contributed by atoms with van der Waals surface area (Å²) in [5.41, 5.74) is -0.692. The summed E-state index contributed by atoms with van der Waals surface area (Å²) in [5.74, 6) is -0.0757.